The van der Waals surface area contributed by atoms with Crippen molar-refractivity contribution in [2.45, 2.75) is 0 Å². The zero-order valence-corrected chi connectivity index (χ0v) is 8.12. The van der Waals surface area contributed by atoms with E-state index in [0.29, 0.717) is 6.41 Å². The Balaban J connectivity index is 0.000000385. The fraction of sp³-hybridized carbons (Fsp3) is 0.167. The number of aliphatic carboxylic acids is 1. The highest BCUT2D eigenvalue weighted by Gasteiger charge is 1.98. The van der Waals surface area contributed by atoms with E-state index in [1.165, 1.54) is 0 Å². The van der Waals surface area contributed by atoms with Gasteiger partial charge in [0.2, 0.25) is 24.3 Å². The highest BCUT2D eigenvalue weighted by atomic mass is 16.4. The lowest BCUT2D eigenvalue weighted by Crippen LogP contribution is -2.10. The lowest BCUT2D eigenvalue weighted by Gasteiger charge is -1.97. The standard InChI is InChI=1S/C4H6N6O.C2H5NO2/c5-2-8-3(6)10-4(9-2)7-1-11;3-1-2(4)5/h1H,(H5,5,6,7,8,9,10,11);1,3H2,(H,4,5). The molecule has 10 heteroatoms. The molecule has 10 nitrogen and oxygen atoms in total. The third kappa shape index (κ3) is 6.04. The van der Waals surface area contributed by atoms with Gasteiger partial charge in [-0.15, -0.1) is 0 Å². The van der Waals surface area contributed by atoms with Gasteiger partial charge in [-0.05, 0) is 0 Å². The van der Waals surface area contributed by atoms with E-state index in [-0.39, 0.29) is 24.4 Å². The summed E-state index contributed by atoms with van der Waals surface area (Å²) >= 11 is 0. The van der Waals surface area contributed by atoms with Crippen molar-refractivity contribution in [2.24, 2.45) is 5.73 Å². The van der Waals surface area contributed by atoms with E-state index in [9.17, 15) is 9.59 Å². The molecule has 0 unspecified atom stereocenters. The quantitative estimate of drug-likeness (QED) is 0.353. The summed E-state index contributed by atoms with van der Waals surface area (Å²) in [5.41, 5.74) is 15.0. The number of nitrogens with zero attached hydrogens (tertiary/aromatic N) is 3. The van der Waals surface area contributed by atoms with Gasteiger partial charge in [0.1, 0.15) is 0 Å². The molecule has 1 aromatic rings. The number of hydrogen-bond donors (Lipinski definition) is 5. The molecule has 1 aromatic heterocycles. The molecular weight excluding hydrogens is 218 g/mol. The summed E-state index contributed by atoms with van der Waals surface area (Å²) in [6.07, 6.45) is 0.425. The maximum Gasteiger partial charge on any atom is 0.317 e. The number of nitrogens with two attached hydrogens (primary N) is 3. The van der Waals surface area contributed by atoms with Crippen molar-refractivity contribution in [3.05, 3.63) is 0 Å². The van der Waals surface area contributed by atoms with E-state index in [4.69, 9.17) is 16.6 Å². The molecule has 0 bridgehead atoms. The molecule has 0 atom stereocenters. The topological polar surface area (TPSA) is 183 Å². The Kier molecular flexibility index (Phi) is 5.82. The predicted octanol–water partition coefficient (Wildman–Crippen LogP) is -2.37. The summed E-state index contributed by atoms with van der Waals surface area (Å²) in [5.74, 6) is -0.973. The van der Waals surface area contributed by atoms with Crippen LogP contribution in [0.5, 0.6) is 0 Å². The summed E-state index contributed by atoms with van der Waals surface area (Å²) in [6.45, 7) is -0.278. The lowest BCUT2D eigenvalue weighted by atomic mass is 10.7. The second-order valence-electron chi connectivity index (χ2n) is 2.24. The van der Waals surface area contributed by atoms with E-state index < -0.39 is 5.97 Å². The number of hydrogen-bond acceptors (Lipinski definition) is 8. The van der Waals surface area contributed by atoms with Crippen molar-refractivity contribution in [3.63, 3.8) is 0 Å². The number of carboxylic acid groups (broad SMARTS) is 1. The molecule has 1 amide bonds. The number of anilines is 3. The molecule has 0 aromatic carbocycles. The maximum atomic E-state index is 9.90. The molecule has 0 radical (unpaired) electrons. The van der Waals surface area contributed by atoms with Gasteiger partial charge in [-0.3, -0.25) is 14.9 Å². The maximum absolute atomic E-state index is 9.90. The lowest BCUT2D eigenvalue weighted by molar-refractivity contribution is -0.135. The number of rotatable bonds is 3. The van der Waals surface area contributed by atoms with Gasteiger partial charge < -0.3 is 22.3 Å². The minimum Gasteiger partial charge on any atom is -0.480 e. The Morgan fingerprint density at radius 3 is 2.06 bits per heavy atom. The number of carboxylic acids is 1. The van der Waals surface area contributed by atoms with Crippen LogP contribution in [0.1, 0.15) is 0 Å². The van der Waals surface area contributed by atoms with Crippen molar-refractivity contribution >= 4 is 30.2 Å². The Morgan fingerprint density at radius 1 is 1.31 bits per heavy atom. The van der Waals surface area contributed by atoms with Crippen LogP contribution >= 0.6 is 0 Å². The van der Waals surface area contributed by atoms with Crippen LogP contribution in [0.4, 0.5) is 17.8 Å². The van der Waals surface area contributed by atoms with Gasteiger partial charge in [0.25, 0.3) is 0 Å². The van der Waals surface area contributed by atoms with E-state index in [1.54, 1.807) is 0 Å². The molecule has 0 fully saturated rings. The van der Waals surface area contributed by atoms with Crippen LogP contribution in [-0.2, 0) is 9.59 Å². The Labute approximate surface area is 89.9 Å². The number of aromatic nitrogens is 3. The summed E-state index contributed by atoms with van der Waals surface area (Å²) < 4.78 is 0. The van der Waals surface area contributed by atoms with E-state index in [1.807, 2.05) is 0 Å². The molecule has 0 saturated carbocycles. The number of nitrogens with one attached hydrogen (secondary N) is 1. The molecule has 8 N–H and O–H groups in total. The van der Waals surface area contributed by atoms with Crippen molar-refractivity contribution in [1.29, 1.82) is 0 Å². The molecular formula is C6H11N7O3. The average molecular weight is 229 g/mol. The minimum absolute atomic E-state index is 0.0261. The average Bonchev–Trinajstić information content (AvgIpc) is 2.17. The summed E-state index contributed by atoms with van der Waals surface area (Å²) in [7, 11) is 0. The first kappa shape index (κ1) is 13.5. The third-order valence-electron chi connectivity index (χ3n) is 1.03. The normalized spacial score (nSPS) is 8.56. The Bertz CT molecular complexity index is 349. The fourth-order valence-corrected chi connectivity index (χ4v) is 0.527. The van der Waals surface area contributed by atoms with Crippen LogP contribution in [-0.4, -0.2) is 39.0 Å². The first-order chi connectivity index (χ1) is 7.49. The van der Waals surface area contributed by atoms with Gasteiger partial charge in [-0.2, -0.15) is 15.0 Å². The van der Waals surface area contributed by atoms with Crippen LogP contribution in [0.2, 0.25) is 0 Å². The van der Waals surface area contributed by atoms with Crippen LogP contribution in [0.25, 0.3) is 0 Å². The first-order valence-corrected chi connectivity index (χ1v) is 3.88. The van der Waals surface area contributed by atoms with Gasteiger partial charge in [-0.1, -0.05) is 0 Å². The second kappa shape index (κ2) is 6.89. The van der Waals surface area contributed by atoms with Crippen LogP contribution in [0.15, 0.2) is 0 Å². The molecule has 0 saturated heterocycles. The van der Waals surface area contributed by atoms with Crippen molar-refractivity contribution in [3.8, 4) is 0 Å². The van der Waals surface area contributed by atoms with Gasteiger partial charge in [-0.25, -0.2) is 0 Å². The number of amides is 1. The summed E-state index contributed by atoms with van der Waals surface area (Å²) in [6, 6.07) is 0. The fourth-order valence-electron chi connectivity index (χ4n) is 0.527. The molecule has 1 rings (SSSR count). The van der Waals surface area contributed by atoms with Crippen molar-refractivity contribution in [1.82, 2.24) is 15.0 Å². The van der Waals surface area contributed by atoms with Crippen LogP contribution < -0.4 is 22.5 Å². The number of carbonyl (C=O) groups excluding carboxylic acids is 1. The van der Waals surface area contributed by atoms with Gasteiger partial charge in [0.15, 0.2) is 0 Å². The van der Waals surface area contributed by atoms with Crippen LogP contribution in [0.3, 0.4) is 0 Å². The van der Waals surface area contributed by atoms with Gasteiger partial charge in [0.05, 0.1) is 6.54 Å². The largest absolute Gasteiger partial charge is 0.480 e. The highest BCUT2D eigenvalue weighted by Crippen LogP contribution is 2.01. The van der Waals surface area contributed by atoms with E-state index in [2.05, 4.69) is 26.0 Å². The first-order valence-electron chi connectivity index (χ1n) is 3.88. The molecule has 16 heavy (non-hydrogen) atoms. The van der Waals surface area contributed by atoms with Crippen LogP contribution in [0, 0.1) is 0 Å². The summed E-state index contributed by atoms with van der Waals surface area (Å²) in [5, 5.41) is 9.78. The molecule has 0 spiro atoms. The Hall–Kier alpha value is -2.49. The monoisotopic (exact) mass is 229 g/mol. The van der Waals surface area contributed by atoms with Gasteiger partial charge >= 0.3 is 5.97 Å². The van der Waals surface area contributed by atoms with Crippen molar-refractivity contribution < 1.29 is 14.7 Å². The number of nitrogen functional groups attached to an aromatic ring is 2. The summed E-state index contributed by atoms with van der Waals surface area (Å²) in [4.78, 5) is 29.8. The van der Waals surface area contributed by atoms with E-state index in [0.717, 1.165) is 0 Å². The smallest absolute Gasteiger partial charge is 0.317 e. The predicted molar refractivity (Wildman–Crippen MR) is 55.0 cm³/mol. The molecule has 0 aliphatic heterocycles. The molecule has 0 aliphatic carbocycles. The zero-order valence-electron chi connectivity index (χ0n) is 8.12. The molecule has 0 aliphatic rings. The molecule has 88 valence electrons. The SMILES string of the molecule is NCC(=O)O.Nc1nc(N)nc(NC=O)n1. The minimum atomic E-state index is -0.968. The van der Waals surface area contributed by atoms with E-state index >= 15 is 0 Å². The Morgan fingerprint density at radius 2 is 1.75 bits per heavy atom. The van der Waals surface area contributed by atoms with Gasteiger partial charge in [0, 0.05) is 0 Å². The third-order valence-corrected chi connectivity index (χ3v) is 1.03. The highest BCUT2D eigenvalue weighted by molar-refractivity contribution is 5.68. The second-order valence-corrected chi connectivity index (χ2v) is 2.24. The van der Waals surface area contributed by atoms with Crippen molar-refractivity contribution in [2.75, 3.05) is 23.3 Å². The molecule has 1 heterocycles. The zero-order chi connectivity index (χ0) is 12.6. The number of carbonyl (C=O) groups is 2.